The van der Waals surface area contributed by atoms with E-state index in [0.29, 0.717) is 13.1 Å². The van der Waals surface area contributed by atoms with Crippen LogP contribution in [0.2, 0.25) is 0 Å². The summed E-state index contributed by atoms with van der Waals surface area (Å²) in [7, 11) is 7.64. The van der Waals surface area contributed by atoms with Crippen molar-refractivity contribution in [2.24, 2.45) is 0 Å². The van der Waals surface area contributed by atoms with Crippen LogP contribution in [0.15, 0.2) is 0 Å². The van der Waals surface area contributed by atoms with Gasteiger partial charge >= 0.3 is 0 Å². The third-order valence-electron chi connectivity index (χ3n) is 7.57. The summed E-state index contributed by atoms with van der Waals surface area (Å²) < 4.78 is 0. The van der Waals surface area contributed by atoms with E-state index in [1.54, 1.807) is 18.9 Å². The van der Waals surface area contributed by atoms with E-state index >= 15 is 0 Å². The molecule has 5 fully saturated rings. The molecule has 0 bridgehead atoms. The van der Waals surface area contributed by atoms with E-state index in [1.807, 2.05) is 23.9 Å². The molecule has 0 aromatic rings. The average Bonchev–Trinajstić information content (AvgIpc) is 3.37. The number of nitrogens with zero attached hydrogens (tertiary/aromatic N) is 7. The summed E-state index contributed by atoms with van der Waals surface area (Å²) in [6.07, 6.45) is 2.39. The molecule has 0 aromatic heterocycles. The number of rotatable bonds is 0. The molecule has 198 valence electrons. The van der Waals surface area contributed by atoms with Crippen molar-refractivity contribution in [2.45, 2.75) is 31.8 Å². The first kappa shape index (κ1) is 27.3. The van der Waals surface area contributed by atoms with Crippen molar-refractivity contribution in [3.63, 3.8) is 0 Å². The van der Waals surface area contributed by atoms with E-state index in [-0.39, 0.29) is 42.3 Å². The molecular formula is C24H43N7O4. The van der Waals surface area contributed by atoms with Crippen molar-refractivity contribution in [1.29, 1.82) is 0 Å². The molecule has 11 nitrogen and oxygen atoms in total. The standard InChI is InChI=1S/C9H15N3O2.C9H17N3O.C6H11NO/c1-10-3-4-12-7(5-10)9(14)11(2)6-8(12)13;1-10-3-5-12-6-4-11(2)9(13)8(12)7-10;1-6(8)7-4-2-3-5-7/h7H,3-6H2,1-2H3;8H,3-7H2,1-2H3;2-5H2,1H3. The predicted molar refractivity (Wildman–Crippen MR) is 133 cm³/mol. The number of likely N-dealkylation sites (N-methyl/N-ethyl adjacent to an activating group) is 4. The van der Waals surface area contributed by atoms with Gasteiger partial charge in [-0.15, -0.1) is 0 Å². The van der Waals surface area contributed by atoms with Crippen LogP contribution >= 0.6 is 0 Å². The van der Waals surface area contributed by atoms with Crippen molar-refractivity contribution < 1.29 is 19.2 Å². The van der Waals surface area contributed by atoms with Gasteiger partial charge in [0.25, 0.3) is 0 Å². The van der Waals surface area contributed by atoms with Crippen LogP contribution in [-0.4, -0.2) is 170 Å². The SMILES string of the molecule is CC(=O)N1CCCC1.CN1CCN2C(=O)CN(C)C(=O)C2C1.CN1CCN2CCN(C)C(=O)C2C1. The lowest BCUT2D eigenvalue weighted by Gasteiger charge is -2.44. The zero-order valence-corrected chi connectivity index (χ0v) is 22.1. The molecule has 0 N–H and O–H groups in total. The van der Waals surface area contributed by atoms with E-state index in [9.17, 15) is 19.2 Å². The molecule has 4 amide bonds. The molecule has 2 unspecified atom stereocenters. The van der Waals surface area contributed by atoms with Crippen molar-refractivity contribution in [1.82, 2.24) is 34.3 Å². The van der Waals surface area contributed by atoms with Crippen LogP contribution in [0.3, 0.4) is 0 Å². The van der Waals surface area contributed by atoms with Gasteiger partial charge in [-0.1, -0.05) is 0 Å². The maximum atomic E-state index is 11.8. The number of piperazine rings is 4. The number of hydrogen-bond donors (Lipinski definition) is 0. The molecule has 11 heteroatoms. The highest BCUT2D eigenvalue weighted by Crippen LogP contribution is 2.16. The van der Waals surface area contributed by atoms with Gasteiger partial charge in [-0.3, -0.25) is 24.1 Å². The fourth-order valence-corrected chi connectivity index (χ4v) is 5.19. The van der Waals surface area contributed by atoms with Gasteiger partial charge in [0.15, 0.2) is 0 Å². The second-order valence-electron chi connectivity index (χ2n) is 10.3. The zero-order chi connectivity index (χ0) is 25.7. The van der Waals surface area contributed by atoms with Crippen LogP contribution in [-0.2, 0) is 19.2 Å². The molecule has 0 saturated carbocycles. The third kappa shape index (κ3) is 6.92. The second kappa shape index (κ2) is 12.1. The molecule has 5 rings (SSSR count). The topological polar surface area (TPSA) is 91.0 Å². The lowest BCUT2D eigenvalue weighted by Crippen LogP contribution is -2.65. The Hall–Kier alpha value is -2.24. The summed E-state index contributed by atoms with van der Waals surface area (Å²) in [6, 6.07) is -0.127. The molecule has 2 atom stereocenters. The Kier molecular flexibility index (Phi) is 9.48. The number of likely N-dealkylation sites (tertiary alicyclic amines) is 1. The molecule has 5 aliphatic heterocycles. The van der Waals surface area contributed by atoms with Gasteiger partial charge < -0.3 is 29.4 Å². The molecule has 0 aromatic carbocycles. The van der Waals surface area contributed by atoms with E-state index in [2.05, 4.69) is 21.7 Å². The highest BCUT2D eigenvalue weighted by Gasteiger charge is 2.40. The minimum absolute atomic E-state index is 0.0659. The van der Waals surface area contributed by atoms with Crippen molar-refractivity contribution in [3.05, 3.63) is 0 Å². The smallest absolute Gasteiger partial charge is 0.246 e. The van der Waals surface area contributed by atoms with Crippen molar-refractivity contribution in [2.75, 3.05) is 100 Å². The molecule has 0 radical (unpaired) electrons. The highest BCUT2D eigenvalue weighted by molar-refractivity contribution is 5.95. The highest BCUT2D eigenvalue weighted by atomic mass is 16.2. The van der Waals surface area contributed by atoms with Gasteiger partial charge in [-0.25, -0.2) is 0 Å². The van der Waals surface area contributed by atoms with Gasteiger partial charge in [0.2, 0.25) is 23.6 Å². The summed E-state index contributed by atoms with van der Waals surface area (Å²) in [4.78, 5) is 59.3. The van der Waals surface area contributed by atoms with Gasteiger partial charge in [0.1, 0.15) is 12.1 Å². The van der Waals surface area contributed by atoms with E-state index in [0.717, 1.165) is 52.4 Å². The number of hydrogen-bond acceptors (Lipinski definition) is 7. The quantitative estimate of drug-likeness (QED) is 0.398. The minimum atomic E-state index is -0.250. The molecule has 0 spiro atoms. The average molecular weight is 494 g/mol. The molecule has 5 aliphatic rings. The zero-order valence-electron chi connectivity index (χ0n) is 22.1. The monoisotopic (exact) mass is 493 g/mol. The van der Waals surface area contributed by atoms with Gasteiger partial charge in [-0.2, -0.15) is 0 Å². The summed E-state index contributed by atoms with van der Waals surface area (Å²) in [5.41, 5.74) is 0. The Morgan fingerprint density at radius 3 is 1.83 bits per heavy atom. The summed E-state index contributed by atoms with van der Waals surface area (Å²) >= 11 is 0. The van der Waals surface area contributed by atoms with Gasteiger partial charge in [-0.05, 0) is 26.9 Å². The molecule has 0 aliphatic carbocycles. The maximum absolute atomic E-state index is 11.8. The Labute approximate surface area is 209 Å². The van der Waals surface area contributed by atoms with Gasteiger partial charge in [0, 0.05) is 86.5 Å². The Morgan fingerprint density at radius 1 is 0.686 bits per heavy atom. The molecule has 35 heavy (non-hydrogen) atoms. The summed E-state index contributed by atoms with van der Waals surface area (Å²) in [6.45, 7) is 11.0. The van der Waals surface area contributed by atoms with Crippen LogP contribution in [0.5, 0.6) is 0 Å². The summed E-state index contributed by atoms with van der Waals surface area (Å²) in [5.74, 6) is 0.654. The molecule has 5 heterocycles. The number of carbonyl (C=O) groups is 4. The predicted octanol–water partition coefficient (Wildman–Crippen LogP) is -1.70. The van der Waals surface area contributed by atoms with Crippen LogP contribution in [0.4, 0.5) is 0 Å². The summed E-state index contributed by atoms with van der Waals surface area (Å²) in [5, 5.41) is 0. The molecular weight excluding hydrogens is 450 g/mol. The normalized spacial score (nSPS) is 28.1. The van der Waals surface area contributed by atoms with Crippen molar-refractivity contribution in [3.8, 4) is 0 Å². The van der Waals surface area contributed by atoms with Gasteiger partial charge in [0.05, 0.1) is 6.54 Å². The Bertz CT molecular complexity index is 786. The lowest BCUT2D eigenvalue weighted by atomic mass is 10.1. The second-order valence-corrected chi connectivity index (χ2v) is 10.3. The van der Waals surface area contributed by atoms with Crippen molar-refractivity contribution >= 4 is 23.6 Å². The fourth-order valence-electron chi connectivity index (χ4n) is 5.19. The first-order valence-corrected chi connectivity index (χ1v) is 12.7. The largest absolute Gasteiger partial charge is 0.343 e. The van der Waals surface area contributed by atoms with E-state index in [4.69, 9.17) is 0 Å². The van der Waals surface area contributed by atoms with Crippen LogP contribution in [0.25, 0.3) is 0 Å². The Morgan fingerprint density at radius 2 is 1.23 bits per heavy atom. The minimum Gasteiger partial charge on any atom is -0.343 e. The first-order chi connectivity index (χ1) is 16.6. The first-order valence-electron chi connectivity index (χ1n) is 12.7. The van der Waals surface area contributed by atoms with Crippen LogP contribution in [0.1, 0.15) is 19.8 Å². The van der Waals surface area contributed by atoms with E-state index < -0.39 is 0 Å². The lowest BCUT2D eigenvalue weighted by molar-refractivity contribution is -0.157. The number of amides is 4. The fraction of sp³-hybridized carbons (Fsp3) is 0.833. The molecule has 5 saturated heterocycles. The Balaban J connectivity index is 0.000000152. The van der Waals surface area contributed by atoms with E-state index in [1.165, 1.54) is 17.7 Å². The van der Waals surface area contributed by atoms with Crippen LogP contribution < -0.4 is 0 Å². The third-order valence-corrected chi connectivity index (χ3v) is 7.57. The number of carbonyl (C=O) groups excluding carboxylic acids is 4. The number of fused-ring (bicyclic) bond motifs is 2. The maximum Gasteiger partial charge on any atom is 0.246 e. The van der Waals surface area contributed by atoms with Crippen LogP contribution in [0, 0.1) is 0 Å².